The van der Waals surface area contributed by atoms with E-state index in [0.717, 1.165) is 12.0 Å². The summed E-state index contributed by atoms with van der Waals surface area (Å²) in [6.07, 6.45) is 0.946. The Morgan fingerprint density at radius 2 is 1.95 bits per heavy atom. The van der Waals surface area contributed by atoms with E-state index in [2.05, 4.69) is 13.8 Å². The lowest BCUT2D eigenvalue weighted by Crippen LogP contribution is -2.26. The van der Waals surface area contributed by atoms with Crippen molar-refractivity contribution in [1.82, 2.24) is 0 Å². The van der Waals surface area contributed by atoms with Crippen molar-refractivity contribution in [3.8, 4) is 11.5 Å². The minimum absolute atomic E-state index is 0.345. The number of carbonyl (C=O) groups is 1. The Morgan fingerprint density at radius 1 is 1.29 bits per heavy atom. The molecule has 0 aliphatic heterocycles. The van der Waals surface area contributed by atoms with Gasteiger partial charge in [0, 0.05) is 6.92 Å². The third-order valence-electron chi connectivity index (χ3n) is 3.28. The van der Waals surface area contributed by atoms with Gasteiger partial charge in [0.2, 0.25) is 0 Å². The molecule has 0 unspecified atom stereocenters. The Hall–Kier alpha value is -1.59. The number of rotatable bonds is 7. The molecule has 118 valence electrons. The number of aliphatic hydroxyl groups excluding tert-OH is 1. The summed E-state index contributed by atoms with van der Waals surface area (Å²) < 4.78 is 10.2. The molecule has 1 aromatic carbocycles. The number of esters is 1. The molecule has 0 bridgehead atoms. The molecule has 5 nitrogen and oxygen atoms in total. The monoisotopic (exact) mass is 295 g/mol. The maximum Gasteiger partial charge on any atom is 0.308 e. The largest absolute Gasteiger partial charge is 0.493 e. The Morgan fingerprint density at radius 3 is 2.48 bits per heavy atom. The SMILES string of the molecule is COc1cc([C@H](N)[C@H](O)CCC(C)C)ccc1OC(C)=O. The van der Waals surface area contributed by atoms with Crippen molar-refractivity contribution in [1.29, 1.82) is 0 Å². The van der Waals surface area contributed by atoms with Crippen LogP contribution >= 0.6 is 0 Å². The molecule has 0 heterocycles. The molecular formula is C16H25NO4. The van der Waals surface area contributed by atoms with Crippen molar-refractivity contribution >= 4 is 5.97 Å². The Labute approximate surface area is 126 Å². The molecule has 0 amide bonds. The zero-order valence-electron chi connectivity index (χ0n) is 13.1. The highest BCUT2D eigenvalue weighted by Gasteiger charge is 2.19. The summed E-state index contributed by atoms with van der Waals surface area (Å²) in [4.78, 5) is 11.0. The third-order valence-corrected chi connectivity index (χ3v) is 3.28. The number of hydrogen-bond donors (Lipinski definition) is 2. The molecule has 0 aliphatic rings. The molecule has 1 rings (SSSR count). The lowest BCUT2D eigenvalue weighted by Gasteiger charge is -2.21. The molecule has 21 heavy (non-hydrogen) atoms. The van der Waals surface area contributed by atoms with E-state index in [1.807, 2.05) is 0 Å². The molecule has 0 spiro atoms. The topological polar surface area (TPSA) is 81.8 Å². The van der Waals surface area contributed by atoms with Gasteiger partial charge in [-0.15, -0.1) is 0 Å². The summed E-state index contributed by atoms with van der Waals surface area (Å²) in [6.45, 7) is 5.54. The highest BCUT2D eigenvalue weighted by molar-refractivity contribution is 5.70. The first-order chi connectivity index (χ1) is 9.85. The Kier molecular flexibility index (Phi) is 6.65. The van der Waals surface area contributed by atoms with Crippen LogP contribution in [-0.4, -0.2) is 24.3 Å². The number of methoxy groups -OCH3 is 1. The third kappa shape index (κ3) is 5.36. The highest BCUT2D eigenvalue weighted by Crippen LogP contribution is 2.31. The van der Waals surface area contributed by atoms with Gasteiger partial charge < -0.3 is 20.3 Å². The van der Waals surface area contributed by atoms with Crippen molar-refractivity contribution in [2.75, 3.05) is 7.11 Å². The van der Waals surface area contributed by atoms with E-state index in [0.29, 0.717) is 23.8 Å². The van der Waals surface area contributed by atoms with Crippen LogP contribution in [0.1, 0.15) is 45.2 Å². The predicted molar refractivity (Wildman–Crippen MR) is 81.3 cm³/mol. The first-order valence-corrected chi connectivity index (χ1v) is 7.15. The summed E-state index contributed by atoms with van der Waals surface area (Å²) in [5, 5.41) is 10.1. The zero-order valence-corrected chi connectivity index (χ0v) is 13.1. The fourth-order valence-corrected chi connectivity index (χ4v) is 2.04. The highest BCUT2D eigenvalue weighted by atomic mass is 16.6. The first kappa shape index (κ1) is 17.5. The summed E-state index contributed by atoms with van der Waals surface area (Å²) in [5.74, 6) is 0.877. The molecule has 0 saturated heterocycles. The summed E-state index contributed by atoms with van der Waals surface area (Å²) >= 11 is 0. The van der Waals surface area contributed by atoms with E-state index in [-0.39, 0.29) is 0 Å². The fraction of sp³-hybridized carbons (Fsp3) is 0.562. The van der Waals surface area contributed by atoms with Gasteiger partial charge in [0.25, 0.3) is 0 Å². The quantitative estimate of drug-likeness (QED) is 0.596. The van der Waals surface area contributed by atoms with Crippen LogP contribution in [0.2, 0.25) is 0 Å². The van der Waals surface area contributed by atoms with Gasteiger partial charge in [-0.05, 0) is 36.5 Å². The summed E-state index contributed by atoms with van der Waals surface area (Å²) in [7, 11) is 1.49. The van der Waals surface area contributed by atoms with E-state index >= 15 is 0 Å². The van der Waals surface area contributed by atoms with Gasteiger partial charge in [-0.25, -0.2) is 0 Å². The number of nitrogens with two attached hydrogens (primary N) is 1. The molecule has 2 atom stereocenters. The summed E-state index contributed by atoms with van der Waals surface area (Å²) in [5.41, 5.74) is 6.84. The van der Waals surface area contributed by atoms with Crippen molar-refractivity contribution in [2.45, 2.75) is 45.8 Å². The molecule has 0 saturated carbocycles. The number of carbonyl (C=O) groups excluding carboxylic acids is 1. The van der Waals surface area contributed by atoms with Crippen LogP contribution < -0.4 is 15.2 Å². The van der Waals surface area contributed by atoms with Gasteiger partial charge >= 0.3 is 5.97 Å². The van der Waals surface area contributed by atoms with Crippen LogP contribution in [0.4, 0.5) is 0 Å². The summed E-state index contributed by atoms with van der Waals surface area (Å²) in [6, 6.07) is 4.57. The average molecular weight is 295 g/mol. The molecule has 0 radical (unpaired) electrons. The second kappa shape index (κ2) is 8.00. The minimum Gasteiger partial charge on any atom is -0.493 e. The molecular weight excluding hydrogens is 270 g/mol. The second-order valence-corrected chi connectivity index (χ2v) is 5.57. The number of ether oxygens (including phenoxy) is 2. The van der Waals surface area contributed by atoms with Gasteiger partial charge in [-0.1, -0.05) is 19.9 Å². The van der Waals surface area contributed by atoms with E-state index in [1.165, 1.54) is 14.0 Å². The number of hydrogen-bond acceptors (Lipinski definition) is 5. The van der Waals surface area contributed by atoms with Crippen LogP contribution in [0, 0.1) is 5.92 Å². The average Bonchev–Trinajstić information content (AvgIpc) is 2.43. The molecule has 0 aromatic heterocycles. The first-order valence-electron chi connectivity index (χ1n) is 7.15. The van der Waals surface area contributed by atoms with Crippen molar-refractivity contribution < 1.29 is 19.4 Å². The van der Waals surface area contributed by atoms with Crippen LogP contribution in [0.15, 0.2) is 18.2 Å². The van der Waals surface area contributed by atoms with Crippen molar-refractivity contribution in [3.05, 3.63) is 23.8 Å². The molecule has 0 aliphatic carbocycles. The van der Waals surface area contributed by atoms with Gasteiger partial charge in [0.05, 0.1) is 19.3 Å². The van der Waals surface area contributed by atoms with Gasteiger partial charge in [-0.3, -0.25) is 4.79 Å². The number of aliphatic hydroxyl groups is 1. The second-order valence-electron chi connectivity index (χ2n) is 5.57. The predicted octanol–water partition coefficient (Wildman–Crippen LogP) is 2.42. The van der Waals surface area contributed by atoms with Crippen LogP contribution in [-0.2, 0) is 4.79 Å². The smallest absolute Gasteiger partial charge is 0.308 e. The van der Waals surface area contributed by atoms with E-state index in [1.54, 1.807) is 18.2 Å². The van der Waals surface area contributed by atoms with Crippen LogP contribution in [0.3, 0.4) is 0 Å². The Balaban J connectivity index is 2.85. The van der Waals surface area contributed by atoms with E-state index < -0.39 is 18.1 Å². The van der Waals surface area contributed by atoms with Crippen molar-refractivity contribution in [2.24, 2.45) is 11.7 Å². The van der Waals surface area contributed by atoms with E-state index in [9.17, 15) is 9.90 Å². The molecule has 3 N–H and O–H groups in total. The maximum absolute atomic E-state index is 11.0. The Bertz CT molecular complexity index is 473. The standard InChI is InChI=1S/C16H25NO4/c1-10(2)5-7-13(19)16(17)12-6-8-14(21-11(3)18)15(9-12)20-4/h6,8-10,13,16,19H,5,7,17H2,1-4H3/t13-,16+/m1/s1. The van der Waals surface area contributed by atoms with Crippen LogP contribution in [0.5, 0.6) is 11.5 Å². The van der Waals surface area contributed by atoms with Crippen molar-refractivity contribution in [3.63, 3.8) is 0 Å². The zero-order chi connectivity index (χ0) is 16.0. The molecule has 0 fully saturated rings. The fourth-order valence-electron chi connectivity index (χ4n) is 2.04. The van der Waals surface area contributed by atoms with E-state index in [4.69, 9.17) is 15.2 Å². The maximum atomic E-state index is 11.0. The molecule has 5 heteroatoms. The van der Waals surface area contributed by atoms with Gasteiger partial charge in [0.1, 0.15) is 0 Å². The molecule has 1 aromatic rings. The minimum atomic E-state index is -0.614. The lowest BCUT2D eigenvalue weighted by atomic mass is 9.96. The van der Waals surface area contributed by atoms with Crippen LogP contribution in [0.25, 0.3) is 0 Å². The lowest BCUT2D eigenvalue weighted by molar-refractivity contribution is -0.132. The van der Waals surface area contributed by atoms with Gasteiger partial charge in [-0.2, -0.15) is 0 Å². The van der Waals surface area contributed by atoms with Gasteiger partial charge in [0.15, 0.2) is 11.5 Å². The number of benzene rings is 1. The normalized spacial score (nSPS) is 13.9.